The Hall–Kier alpha value is -3.02. The van der Waals surface area contributed by atoms with Gasteiger partial charge in [-0.15, -0.1) is 0 Å². The number of pyridine rings is 1. The number of rotatable bonds is 2. The molecule has 0 spiro atoms. The molecule has 0 radical (unpaired) electrons. The van der Waals surface area contributed by atoms with Crippen LogP contribution >= 0.6 is 23.2 Å². The minimum Gasteiger partial charge on any atom is -0.356 e. The number of H-pyrrole nitrogens is 1. The molecule has 0 fully saturated rings. The smallest absolute Gasteiger partial charge is 0.259 e. The molecule has 3 heterocycles. The molecule has 3 aromatic heterocycles. The maximum Gasteiger partial charge on any atom is 0.259 e. The number of benzene rings is 2. The van der Waals surface area contributed by atoms with Crippen LogP contribution in [0.1, 0.15) is 0 Å². The summed E-state index contributed by atoms with van der Waals surface area (Å²) in [4.78, 5) is 16.3. The fourth-order valence-corrected chi connectivity index (χ4v) is 4.03. The number of aromatic nitrogens is 3. The Kier molecular flexibility index (Phi) is 3.82. The summed E-state index contributed by atoms with van der Waals surface area (Å²) in [5, 5.41) is 6.62. The molecular formula is C21H13Cl2N3O2. The number of nitrogens with zero attached hydrogens (tertiary/aromatic N) is 2. The van der Waals surface area contributed by atoms with Gasteiger partial charge in [-0.1, -0.05) is 34.4 Å². The van der Waals surface area contributed by atoms with Crippen molar-refractivity contribution in [2.75, 3.05) is 0 Å². The monoisotopic (exact) mass is 409 g/mol. The molecule has 28 heavy (non-hydrogen) atoms. The number of nitrogens with one attached hydrogen (secondary N) is 1. The van der Waals surface area contributed by atoms with Crippen LogP contribution in [-0.4, -0.2) is 14.7 Å². The van der Waals surface area contributed by atoms with E-state index in [1.807, 2.05) is 30.3 Å². The zero-order valence-electron chi connectivity index (χ0n) is 14.7. The highest BCUT2D eigenvalue weighted by Gasteiger charge is 2.16. The fraction of sp³-hybridized carbons (Fsp3) is 0.0476. The van der Waals surface area contributed by atoms with Gasteiger partial charge < -0.3 is 9.51 Å². The van der Waals surface area contributed by atoms with Crippen molar-refractivity contribution in [2.24, 2.45) is 7.05 Å². The Balaban J connectivity index is 1.83. The van der Waals surface area contributed by atoms with Gasteiger partial charge in [0.25, 0.3) is 5.56 Å². The summed E-state index contributed by atoms with van der Waals surface area (Å²) in [6.45, 7) is 0. The van der Waals surface area contributed by atoms with E-state index in [0.29, 0.717) is 26.9 Å². The van der Waals surface area contributed by atoms with Crippen LogP contribution < -0.4 is 5.56 Å². The van der Waals surface area contributed by atoms with Crippen LogP contribution in [0.15, 0.2) is 64.0 Å². The molecule has 1 N–H and O–H groups in total. The van der Waals surface area contributed by atoms with Gasteiger partial charge in [0.1, 0.15) is 5.65 Å². The predicted molar refractivity (Wildman–Crippen MR) is 112 cm³/mol. The number of hydrogen-bond donors (Lipinski definition) is 1. The highest BCUT2D eigenvalue weighted by atomic mass is 35.5. The van der Waals surface area contributed by atoms with Crippen LogP contribution in [0.2, 0.25) is 10.0 Å². The molecule has 0 atom stereocenters. The summed E-state index contributed by atoms with van der Waals surface area (Å²) in [6.07, 6.45) is 1.61. The summed E-state index contributed by atoms with van der Waals surface area (Å²) < 4.78 is 6.88. The van der Waals surface area contributed by atoms with E-state index in [1.165, 1.54) is 0 Å². The van der Waals surface area contributed by atoms with Crippen molar-refractivity contribution in [3.8, 4) is 22.5 Å². The highest BCUT2D eigenvalue weighted by Crippen LogP contribution is 2.33. The van der Waals surface area contributed by atoms with Crippen LogP contribution in [0.25, 0.3) is 44.4 Å². The van der Waals surface area contributed by atoms with E-state index in [4.69, 9.17) is 27.7 Å². The Morgan fingerprint density at radius 3 is 2.61 bits per heavy atom. The van der Waals surface area contributed by atoms with Crippen molar-refractivity contribution < 1.29 is 4.52 Å². The molecule has 0 aliphatic heterocycles. The Morgan fingerprint density at radius 1 is 1.00 bits per heavy atom. The molecule has 0 aliphatic carbocycles. The van der Waals surface area contributed by atoms with E-state index in [0.717, 1.165) is 27.5 Å². The van der Waals surface area contributed by atoms with Crippen molar-refractivity contribution >= 4 is 45.1 Å². The van der Waals surface area contributed by atoms with Gasteiger partial charge in [-0.05, 0) is 36.4 Å². The Bertz CT molecular complexity index is 1420. The fourth-order valence-electron chi connectivity index (χ4n) is 3.52. The van der Waals surface area contributed by atoms with E-state index >= 15 is 0 Å². The van der Waals surface area contributed by atoms with Crippen molar-refractivity contribution in [3.05, 3.63) is 75.1 Å². The molecule has 0 unspecified atom stereocenters. The molecule has 0 aliphatic rings. The molecular weight excluding hydrogens is 397 g/mol. The van der Waals surface area contributed by atoms with Crippen molar-refractivity contribution in [1.82, 2.24) is 14.7 Å². The van der Waals surface area contributed by atoms with Crippen molar-refractivity contribution in [2.45, 2.75) is 0 Å². The summed E-state index contributed by atoms with van der Waals surface area (Å²) >= 11 is 12.4. The lowest BCUT2D eigenvalue weighted by Gasteiger charge is -2.08. The van der Waals surface area contributed by atoms with Crippen molar-refractivity contribution in [3.63, 3.8) is 0 Å². The number of fused-ring (bicyclic) bond motifs is 3. The van der Waals surface area contributed by atoms with E-state index in [2.05, 4.69) is 10.1 Å². The lowest BCUT2D eigenvalue weighted by molar-refractivity contribution is 0.432. The van der Waals surface area contributed by atoms with Crippen LogP contribution in [-0.2, 0) is 7.05 Å². The van der Waals surface area contributed by atoms with Gasteiger partial charge >= 0.3 is 0 Å². The van der Waals surface area contributed by atoms with Crippen LogP contribution in [0.3, 0.4) is 0 Å². The van der Waals surface area contributed by atoms with E-state index < -0.39 is 0 Å². The molecule has 5 aromatic rings. The van der Waals surface area contributed by atoms with Gasteiger partial charge in [0.05, 0.1) is 11.2 Å². The lowest BCUT2D eigenvalue weighted by Crippen LogP contribution is -2.19. The molecule has 7 heteroatoms. The van der Waals surface area contributed by atoms with Crippen molar-refractivity contribution in [1.29, 1.82) is 0 Å². The summed E-state index contributed by atoms with van der Waals surface area (Å²) in [7, 11) is 1.74. The summed E-state index contributed by atoms with van der Waals surface area (Å²) in [5.41, 5.74) is 3.60. The molecule has 138 valence electrons. The Labute approximate surface area is 169 Å². The maximum atomic E-state index is 13.0. The third kappa shape index (κ3) is 2.55. The molecule has 0 amide bonds. The topological polar surface area (TPSA) is 63.8 Å². The number of halogens is 2. The summed E-state index contributed by atoms with van der Waals surface area (Å²) in [5.74, 6) is 0.682. The standard InChI is InChI=1S/C21H13Cl2N3O2/c1-26-20-15(10-16(21(26)27)13-4-3-12(22)9-17(13)23)14-8-11(2-5-18(14)25-20)19-6-7-24-28-19/h2-10,25H,1H3. The molecule has 2 aromatic carbocycles. The van der Waals surface area contributed by atoms with Crippen LogP contribution in [0, 0.1) is 0 Å². The van der Waals surface area contributed by atoms with E-state index in [1.54, 1.807) is 36.0 Å². The summed E-state index contributed by atoms with van der Waals surface area (Å²) in [6, 6.07) is 14.7. The second kappa shape index (κ2) is 6.26. The third-order valence-corrected chi connectivity index (χ3v) is 5.47. The first kappa shape index (κ1) is 17.1. The van der Waals surface area contributed by atoms with Gasteiger partial charge in [0, 0.05) is 51.1 Å². The molecule has 0 saturated heterocycles. The second-order valence-electron chi connectivity index (χ2n) is 6.57. The van der Waals surface area contributed by atoms with Gasteiger partial charge in [0.15, 0.2) is 5.76 Å². The molecule has 5 nitrogen and oxygen atoms in total. The number of hydrogen-bond acceptors (Lipinski definition) is 3. The molecule has 0 bridgehead atoms. The van der Waals surface area contributed by atoms with E-state index in [9.17, 15) is 4.79 Å². The van der Waals surface area contributed by atoms with Gasteiger partial charge in [-0.25, -0.2) is 0 Å². The SMILES string of the molecule is Cn1c(=O)c(-c2ccc(Cl)cc2Cl)cc2c3cc(-c4ccno4)ccc3[nH]c21. The zero-order valence-corrected chi connectivity index (χ0v) is 16.2. The first-order valence-corrected chi connectivity index (χ1v) is 9.30. The largest absolute Gasteiger partial charge is 0.356 e. The minimum absolute atomic E-state index is 0.140. The average Bonchev–Trinajstić information content (AvgIpc) is 3.33. The first-order valence-electron chi connectivity index (χ1n) is 8.55. The lowest BCUT2D eigenvalue weighted by atomic mass is 10.0. The number of aryl methyl sites for hydroxylation is 1. The molecule has 5 rings (SSSR count). The minimum atomic E-state index is -0.140. The molecule has 0 saturated carbocycles. The zero-order chi connectivity index (χ0) is 19.4. The number of aromatic amines is 1. The van der Waals surface area contributed by atoms with E-state index in [-0.39, 0.29) is 5.56 Å². The average molecular weight is 410 g/mol. The normalized spacial score (nSPS) is 11.5. The van der Waals surface area contributed by atoms with Gasteiger partial charge in [0.2, 0.25) is 0 Å². The predicted octanol–water partition coefficient (Wildman–Crippen LogP) is 5.65. The van der Waals surface area contributed by atoms with Gasteiger partial charge in [-0.2, -0.15) is 0 Å². The highest BCUT2D eigenvalue weighted by molar-refractivity contribution is 6.36. The van der Waals surface area contributed by atoms with Crippen LogP contribution in [0.5, 0.6) is 0 Å². The first-order chi connectivity index (χ1) is 13.5. The third-order valence-electron chi connectivity index (χ3n) is 4.92. The maximum absolute atomic E-state index is 13.0. The van der Waals surface area contributed by atoms with Crippen LogP contribution in [0.4, 0.5) is 0 Å². The van der Waals surface area contributed by atoms with Gasteiger partial charge in [-0.3, -0.25) is 9.36 Å². The quantitative estimate of drug-likeness (QED) is 0.409. The Morgan fingerprint density at radius 2 is 1.86 bits per heavy atom. The second-order valence-corrected chi connectivity index (χ2v) is 7.41.